The smallest absolute Gasteiger partial charge is 0.435 e. The molecule has 0 bridgehead atoms. The van der Waals surface area contributed by atoms with Crippen LogP contribution in [0.25, 0.3) is 0 Å². The van der Waals surface area contributed by atoms with Gasteiger partial charge in [-0.15, -0.1) is 0 Å². The van der Waals surface area contributed by atoms with Crippen molar-refractivity contribution in [2.75, 3.05) is 0 Å². The molecule has 8 nitrogen and oxygen atoms in total. The SMILES string of the molecule is NC(=O)C[C@H](NC(=O)Cn1ccc(C(F)(F)F)n1)C(=O)O. The first-order valence-corrected chi connectivity index (χ1v) is 5.50. The maximum Gasteiger partial charge on any atom is 0.435 e. The molecular formula is C10H11F3N4O4. The summed E-state index contributed by atoms with van der Waals surface area (Å²) in [5.41, 5.74) is 3.64. The number of carboxylic acid groups (broad SMARTS) is 1. The standard InChI is InChI=1S/C10H11F3N4O4/c11-10(12,13)6-1-2-17(16-6)4-8(19)15-5(9(20)21)3-7(14)18/h1-2,5H,3-4H2,(H2,14,18)(H,15,19)(H,20,21)/t5-/m0/s1. The van der Waals surface area contributed by atoms with E-state index in [9.17, 15) is 27.6 Å². The van der Waals surface area contributed by atoms with Crippen LogP contribution in [0.1, 0.15) is 12.1 Å². The maximum absolute atomic E-state index is 12.3. The van der Waals surface area contributed by atoms with Crippen LogP contribution in [-0.4, -0.2) is 38.7 Å². The van der Waals surface area contributed by atoms with Gasteiger partial charge in [-0.05, 0) is 6.07 Å². The van der Waals surface area contributed by atoms with E-state index >= 15 is 0 Å². The molecule has 0 unspecified atom stereocenters. The number of hydrogen-bond donors (Lipinski definition) is 3. The molecule has 1 aromatic heterocycles. The highest BCUT2D eigenvalue weighted by molar-refractivity contribution is 5.88. The Morgan fingerprint density at radius 2 is 2.05 bits per heavy atom. The van der Waals surface area contributed by atoms with Crippen LogP contribution in [0.2, 0.25) is 0 Å². The average molecular weight is 308 g/mol. The zero-order chi connectivity index (χ0) is 16.2. The Hall–Kier alpha value is -2.59. The van der Waals surface area contributed by atoms with Gasteiger partial charge >= 0.3 is 12.1 Å². The summed E-state index contributed by atoms with van der Waals surface area (Å²) in [6.45, 7) is -0.626. The summed E-state index contributed by atoms with van der Waals surface area (Å²) >= 11 is 0. The van der Waals surface area contributed by atoms with Crippen molar-refractivity contribution in [3.63, 3.8) is 0 Å². The van der Waals surface area contributed by atoms with Gasteiger partial charge in [-0.1, -0.05) is 0 Å². The summed E-state index contributed by atoms with van der Waals surface area (Å²) in [5.74, 6) is -3.35. The third-order valence-electron chi connectivity index (χ3n) is 2.28. The van der Waals surface area contributed by atoms with E-state index in [0.29, 0.717) is 10.7 Å². The lowest BCUT2D eigenvalue weighted by Crippen LogP contribution is -2.44. The van der Waals surface area contributed by atoms with Gasteiger partial charge < -0.3 is 16.2 Å². The van der Waals surface area contributed by atoms with E-state index in [2.05, 4.69) is 5.10 Å². The fourth-order valence-corrected chi connectivity index (χ4v) is 1.39. The van der Waals surface area contributed by atoms with Gasteiger partial charge in [0.05, 0.1) is 6.42 Å². The molecule has 0 aliphatic rings. The molecule has 1 aromatic rings. The Morgan fingerprint density at radius 1 is 1.43 bits per heavy atom. The highest BCUT2D eigenvalue weighted by Gasteiger charge is 2.33. The number of carbonyl (C=O) groups excluding carboxylic acids is 2. The van der Waals surface area contributed by atoms with Crippen molar-refractivity contribution in [1.82, 2.24) is 15.1 Å². The van der Waals surface area contributed by atoms with Crippen LogP contribution in [-0.2, 0) is 27.1 Å². The minimum absolute atomic E-state index is 0.626. The van der Waals surface area contributed by atoms with Crippen LogP contribution >= 0.6 is 0 Å². The van der Waals surface area contributed by atoms with Gasteiger partial charge in [-0.2, -0.15) is 18.3 Å². The van der Waals surface area contributed by atoms with Gasteiger partial charge in [0.15, 0.2) is 5.69 Å². The third-order valence-corrected chi connectivity index (χ3v) is 2.28. The summed E-state index contributed by atoms with van der Waals surface area (Å²) in [7, 11) is 0. The van der Waals surface area contributed by atoms with Gasteiger partial charge in [0.25, 0.3) is 0 Å². The Bertz CT molecular complexity index is 555. The first-order chi connectivity index (χ1) is 9.59. The molecule has 0 aliphatic heterocycles. The molecule has 4 N–H and O–H groups in total. The highest BCUT2D eigenvalue weighted by Crippen LogP contribution is 2.27. The fraction of sp³-hybridized carbons (Fsp3) is 0.400. The Morgan fingerprint density at radius 3 is 2.48 bits per heavy atom. The van der Waals surface area contributed by atoms with Gasteiger partial charge in [-0.25, -0.2) is 4.79 Å². The molecule has 0 spiro atoms. The largest absolute Gasteiger partial charge is 0.480 e. The molecule has 1 heterocycles. The van der Waals surface area contributed by atoms with E-state index in [1.165, 1.54) is 0 Å². The van der Waals surface area contributed by atoms with Crippen molar-refractivity contribution in [3.8, 4) is 0 Å². The monoisotopic (exact) mass is 308 g/mol. The number of nitrogens with one attached hydrogen (secondary N) is 1. The molecular weight excluding hydrogens is 297 g/mol. The number of primary amides is 1. The molecule has 11 heteroatoms. The van der Waals surface area contributed by atoms with Crippen molar-refractivity contribution >= 4 is 17.8 Å². The van der Waals surface area contributed by atoms with Crippen molar-refractivity contribution in [3.05, 3.63) is 18.0 Å². The number of carbonyl (C=O) groups is 3. The quantitative estimate of drug-likeness (QED) is 0.643. The summed E-state index contributed by atoms with van der Waals surface area (Å²) in [4.78, 5) is 32.9. The molecule has 1 rings (SSSR count). The van der Waals surface area contributed by atoms with Crippen LogP contribution < -0.4 is 11.1 Å². The van der Waals surface area contributed by atoms with E-state index in [-0.39, 0.29) is 0 Å². The third kappa shape index (κ3) is 5.12. The summed E-state index contributed by atoms with van der Waals surface area (Å²) < 4.78 is 37.6. The minimum atomic E-state index is -4.64. The van der Waals surface area contributed by atoms with Crippen LogP contribution in [0.5, 0.6) is 0 Å². The molecule has 116 valence electrons. The number of nitrogens with zero attached hydrogens (tertiary/aromatic N) is 2. The van der Waals surface area contributed by atoms with Crippen LogP contribution in [0.4, 0.5) is 13.2 Å². The van der Waals surface area contributed by atoms with Crippen molar-refractivity contribution in [2.24, 2.45) is 5.73 Å². The second kappa shape index (κ2) is 6.24. The van der Waals surface area contributed by atoms with Gasteiger partial charge in [0.2, 0.25) is 11.8 Å². The molecule has 0 radical (unpaired) electrons. The van der Waals surface area contributed by atoms with Crippen molar-refractivity contribution < 1.29 is 32.7 Å². The Balaban J connectivity index is 2.66. The number of aromatic nitrogens is 2. The van der Waals surface area contributed by atoms with E-state index < -0.39 is 48.7 Å². The molecule has 0 saturated heterocycles. The van der Waals surface area contributed by atoms with Gasteiger partial charge in [0, 0.05) is 6.20 Å². The molecule has 0 aliphatic carbocycles. The summed E-state index contributed by atoms with van der Waals surface area (Å²) in [5, 5.41) is 13.8. The van der Waals surface area contributed by atoms with Gasteiger partial charge in [0.1, 0.15) is 12.6 Å². The number of halogens is 3. The fourth-order valence-electron chi connectivity index (χ4n) is 1.39. The first-order valence-electron chi connectivity index (χ1n) is 5.50. The number of aliphatic carboxylic acids is 1. The molecule has 21 heavy (non-hydrogen) atoms. The number of hydrogen-bond acceptors (Lipinski definition) is 4. The topological polar surface area (TPSA) is 127 Å². The maximum atomic E-state index is 12.3. The van der Waals surface area contributed by atoms with Crippen molar-refractivity contribution in [1.29, 1.82) is 0 Å². The highest BCUT2D eigenvalue weighted by atomic mass is 19.4. The van der Waals surface area contributed by atoms with Gasteiger partial charge in [-0.3, -0.25) is 14.3 Å². The molecule has 0 fully saturated rings. The number of alkyl halides is 3. The number of rotatable bonds is 6. The Labute approximate surface area is 115 Å². The van der Waals surface area contributed by atoms with Crippen LogP contribution in [0, 0.1) is 0 Å². The zero-order valence-electron chi connectivity index (χ0n) is 10.4. The molecule has 0 aromatic carbocycles. The van der Waals surface area contributed by atoms with Crippen molar-refractivity contribution in [2.45, 2.75) is 25.2 Å². The number of nitrogens with two attached hydrogens (primary N) is 1. The first kappa shape index (κ1) is 16.5. The molecule has 2 amide bonds. The zero-order valence-corrected chi connectivity index (χ0v) is 10.4. The lowest BCUT2D eigenvalue weighted by Gasteiger charge is -2.12. The Kier molecular flexibility index (Phi) is 4.89. The summed E-state index contributed by atoms with van der Waals surface area (Å²) in [6, 6.07) is -0.876. The number of amides is 2. The average Bonchev–Trinajstić information content (AvgIpc) is 2.75. The second-order valence-corrected chi connectivity index (χ2v) is 4.03. The summed E-state index contributed by atoms with van der Waals surface area (Å²) in [6.07, 6.45) is -4.35. The predicted molar refractivity (Wildman–Crippen MR) is 60.6 cm³/mol. The molecule has 0 saturated carbocycles. The second-order valence-electron chi connectivity index (χ2n) is 4.03. The van der Waals surface area contributed by atoms with Crippen LogP contribution in [0.15, 0.2) is 12.3 Å². The van der Waals surface area contributed by atoms with E-state index in [1.54, 1.807) is 0 Å². The normalized spacial score (nSPS) is 12.7. The van der Waals surface area contributed by atoms with Crippen LogP contribution in [0.3, 0.4) is 0 Å². The predicted octanol–water partition coefficient (Wildman–Crippen LogP) is -0.653. The van der Waals surface area contributed by atoms with E-state index in [0.717, 1.165) is 6.20 Å². The lowest BCUT2D eigenvalue weighted by molar-refractivity contribution is -0.143. The minimum Gasteiger partial charge on any atom is -0.480 e. The number of carboxylic acids is 1. The van der Waals surface area contributed by atoms with E-state index in [1.807, 2.05) is 5.32 Å². The molecule has 1 atom stereocenters. The lowest BCUT2D eigenvalue weighted by atomic mass is 10.2. The van der Waals surface area contributed by atoms with E-state index in [4.69, 9.17) is 10.8 Å².